The molecule has 5 heteroatoms. The highest BCUT2D eigenvalue weighted by molar-refractivity contribution is 7.80. The number of likely N-dealkylation sites (tertiary alicyclic amines) is 1. The Kier molecular flexibility index (Phi) is 6.42. The first-order valence-electron chi connectivity index (χ1n) is 8.34. The van der Waals surface area contributed by atoms with E-state index in [-0.39, 0.29) is 5.91 Å². The van der Waals surface area contributed by atoms with Crippen LogP contribution < -0.4 is 5.73 Å². The van der Waals surface area contributed by atoms with E-state index in [2.05, 4.69) is 4.90 Å². The summed E-state index contributed by atoms with van der Waals surface area (Å²) < 4.78 is 0. The van der Waals surface area contributed by atoms with Crippen LogP contribution in [0.4, 0.5) is 0 Å². The van der Waals surface area contributed by atoms with Crippen molar-refractivity contribution in [2.45, 2.75) is 57.4 Å². The molecule has 1 amide bonds. The van der Waals surface area contributed by atoms with Crippen molar-refractivity contribution in [1.82, 2.24) is 9.80 Å². The van der Waals surface area contributed by atoms with E-state index in [4.69, 9.17) is 18.0 Å². The number of carbonyl (C=O) groups is 1. The summed E-state index contributed by atoms with van der Waals surface area (Å²) in [4.78, 5) is 17.0. The normalized spacial score (nSPS) is 26.1. The standard InChI is InChI=1S/C16H29N3OS/c1-18(11-8-15(17)21)16(20)9-12-19-10-4-6-13-5-2-3-7-14(13)19/h13-14H,2-12H2,1H3,(H2,17,21)/t13-,14-/m1/s1. The fourth-order valence-corrected chi connectivity index (χ4v) is 3.93. The average Bonchev–Trinajstić information content (AvgIpc) is 2.50. The summed E-state index contributed by atoms with van der Waals surface area (Å²) in [5.74, 6) is 1.10. The Morgan fingerprint density at radius 2 is 1.95 bits per heavy atom. The third-order valence-electron chi connectivity index (χ3n) is 5.09. The number of fused-ring (bicyclic) bond motifs is 1. The molecule has 1 aliphatic heterocycles. The monoisotopic (exact) mass is 311 g/mol. The van der Waals surface area contributed by atoms with Crippen LogP contribution in [0.3, 0.4) is 0 Å². The molecule has 1 heterocycles. The molecule has 1 aliphatic carbocycles. The molecule has 0 aromatic carbocycles. The van der Waals surface area contributed by atoms with E-state index >= 15 is 0 Å². The molecule has 2 fully saturated rings. The summed E-state index contributed by atoms with van der Waals surface area (Å²) in [6.07, 6.45) is 9.41. The van der Waals surface area contributed by atoms with Crippen LogP contribution in [0.5, 0.6) is 0 Å². The Morgan fingerprint density at radius 1 is 1.24 bits per heavy atom. The maximum atomic E-state index is 12.2. The average molecular weight is 311 g/mol. The Bertz CT molecular complexity index is 373. The molecule has 1 saturated carbocycles. The molecule has 1 saturated heterocycles. The summed E-state index contributed by atoms with van der Waals surface area (Å²) in [5.41, 5.74) is 5.49. The summed E-state index contributed by atoms with van der Waals surface area (Å²) in [7, 11) is 1.85. The van der Waals surface area contributed by atoms with Gasteiger partial charge in [0.1, 0.15) is 0 Å². The third kappa shape index (κ3) is 4.92. The number of nitrogens with two attached hydrogens (primary N) is 1. The van der Waals surface area contributed by atoms with Crippen LogP contribution in [-0.2, 0) is 4.79 Å². The molecular weight excluding hydrogens is 282 g/mol. The van der Waals surface area contributed by atoms with Crippen LogP contribution in [0.15, 0.2) is 0 Å². The zero-order valence-electron chi connectivity index (χ0n) is 13.2. The number of hydrogen-bond donors (Lipinski definition) is 1. The van der Waals surface area contributed by atoms with E-state index in [0.29, 0.717) is 24.4 Å². The Labute approximate surface area is 134 Å². The quantitative estimate of drug-likeness (QED) is 0.764. The lowest BCUT2D eigenvalue weighted by Crippen LogP contribution is -2.47. The Balaban J connectivity index is 1.75. The number of amides is 1. The first-order valence-corrected chi connectivity index (χ1v) is 8.75. The van der Waals surface area contributed by atoms with Crippen molar-refractivity contribution < 1.29 is 4.79 Å². The van der Waals surface area contributed by atoms with E-state index in [0.717, 1.165) is 18.5 Å². The van der Waals surface area contributed by atoms with Crippen molar-refractivity contribution in [3.05, 3.63) is 0 Å². The van der Waals surface area contributed by atoms with Gasteiger partial charge in [-0.3, -0.25) is 9.69 Å². The SMILES string of the molecule is CN(CCC(N)=S)C(=O)CCN1CCC[C@H]2CCCC[C@H]21. The van der Waals surface area contributed by atoms with Crippen LogP contribution >= 0.6 is 12.2 Å². The van der Waals surface area contributed by atoms with Gasteiger partial charge in [-0.15, -0.1) is 0 Å². The molecule has 0 aromatic rings. The smallest absolute Gasteiger partial charge is 0.223 e. The highest BCUT2D eigenvalue weighted by Crippen LogP contribution is 2.35. The van der Waals surface area contributed by atoms with Gasteiger partial charge < -0.3 is 10.6 Å². The molecule has 2 N–H and O–H groups in total. The Morgan fingerprint density at radius 3 is 2.71 bits per heavy atom. The molecule has 0 bridgehead atoms. The van der Waals surface area contributed by atoms with Crippen LogP contribution in [0.2, 0.25) is 0 Å². The number of nitrogens with zero attached hydrogens (tertiary/aromatic N) is 2. The van der Waals surface area contributed by atoms with Crippen LogP contribution in [-0.4, -0.2) is 53.4 Å². The largest absolute Gasteiger partial charge is 0.393 e. The summed E-state index contributed by atoms with van der Waals surface area (Å²) >= 11 is 4.86. The van der Waals surface area contributed by atoms with E-state index in [1.807, 2.05) is 7.05 Å². The minimum absolute atomic E-state index is 0.212. The second-order valence-electron chi connectivity index (χ2n) is 6.57. The van der Waals surface area contributed by atoms with Gasteiger partial charge in [0.05, 0.1) is 4.99 Å². The van der Waals surface area contributed by atoms with Crippen molar-refractivity contribution in [3.63, 3.8) is 0 Å². The molecule has 0 unspecified atom stereocenters. The highest BCUT2D eigenvalue weighted by Gasteiger charge is 2.33. The van der Waals surface area contributed by atoms with Crippen LogP contribution in [0.1, 0.15) is 51.4 Å². The van der Waals surface area contributed by atoms with Crippen molar-refractivity contribution in [3.8, 4) is 0 Å². The fraction of sp³-hybridized carbons (Fsp3) is 0.875. The third-order valence-corrected chi connectivity index (χ3v) is 5.29. The van der Waals surface area contributed by atoms with Crippen LogP contribution in [0.25, 0.3) is 0 Å². The number of thiocarbonyl (C=S) groups is 1. The van der Waals surface area contributed by atoms with Crippen molar-refractivity contribution in [2.75, 3.05) is 26.7 Å². The van der Waals surface area contributed by atoms with Crippen molar-refractivity contribution in [1.29, 1.82) is 0 Å². The van der Waals surface area contributed by atoms with Gasteiger partial charge in [0.15, 0.2) is 0 Å². The maximum absolute atomic E-state index is 12.2. The summed E-state index contributed by atoms with van der Waals surface area (Å²) in [6, 6.07) is 0.738. The molecule has 4 nitrogen and oxygen atoms in total. The molecule has 21 heavy (non-hydrogen) atoms. The van der Waals surface area contributed by atoms with Gasteiger partial charge in [0.25, 0.3) is 0 Å². The van der Waals surface area contributed by atoms with Crippen molar-refractivity contribution >= 4 is 23.1 Å². The van der Waals surface area contributed by atoms with Crippen LogP contribution in [0, 0.1) is 5.92 Å². The van der Waals surface area contributed by atoms with Gasteiger partial charge in [-0.05, 0) is 38.1 Å². The number of hydrogen-bond acceptors (Lipinski definition) is 3. The predicted octanol–water partition coefficient (Wildman–Crippen LogP) is 2.17. The molecule has 2 aliphatic rings. The van der Waals surface area contributed by atoms with Crippen molar-refractivity contribution in [2.24, 2.45) is 11.7 Å². The zero-order chi connectivity index (χ0) is 15.2. The van der Waals surface area contributed by atoms with E-state index in [1.54, 1.807) is 4.90 Å². The minimum Gasteiger partial charge on any atom is -0.393 e. The molecule has 2 rings (SSSR count). The second kappa shape index (κ2) is 8.08. The first kappa shape index (κ1) is 16.7. The van der Waals surface area contributed by atoms with E-state index < -0.39 is 0 Å². The highest BCUT2D eigenvalue weighted by atomic mass is 32.1. The number of rotatable bonds is 6. The molecule has 2 atom stereocenters. The van der Waals surface area contributed by atoms with Gasteiger partial charge in [0, 0.05) is 39.0 Å². The molecule has 0 radical (unpaired) electrons. The predicted molar refractivity (Wildman–Crippen MR) is 90.2 cm³/mol. The number of carbonyl (C=O) groups excluding carboxylic acids is 1. The Hall–Kier alpha value is -0.680. The lowest BCUT2D eigenvalue weighted by Gasteiger charge is -2.44. The zero-order valence-corrected chi connectivity index (χ0v) is 14.0. The first-order chi connectivity index (χ1) is 10.1. The van der Waals surface area contributed by atoms with Gasteiger partial charge in [-0.1, -0.05) is 25.1 Å². The topological polar surface area (TPSA) is 49.6 Å². The van der Waals surface area contributed by atoms with Gasteiger partial charge in [-0.25, -0.2) is 0 Å². The molecule has 0 spiro atoms. The summed E-state index contributed by atoms with van der Waals surface area (Å²) in [6.45, 7) is 2.72. The minimum atomic E-state index is 0.212. The summed E-state index contributed by atoms with van der Waals surface area (Å²) in [5, 5.41) is 0. The molecule has 0 aromatic heterocycles. The van der Waals surface area contributed by atoms with E-state index in [9.17, 15) is 4.79 Å². The lowest BCUT2D eigenvalue weighted by molar-refractivity contribution is -0.130. The molecule has 120 valence electrons. The number of piperidine rings is 1. The van der Waals surface area contributed by atoms with Gasteiger partial charge in [0.2, 0.25) is 5.91 Å². The van der Waals surface area contributed by atoms with Gasteiger partial charge >= 0.3 is 0 Å². The van der Waals surface area contributed by atoms with E-state index in [1.165, 1.54) is 45.1 Å². The fourth-order valence-electron chi connectivity index (χ4n) is 3.84. The maximum Gasteiger partial charge on any atom is 0.223 e. The second-order valence-corrected chi connectivity index (χ2v) is 7.10. The lowest BCUT2D eigenvalue weighted by atomic mass is 9.78. The molecular formula is C16H29N3OS. The van der Waals surface area contributed by atoms with Gasteiger partial charge in [-0.2, -0.15) is 0 Å².